The smallest absolute Gasteiger partial charge is 0.258 e. The van der Waals surface area contributed by atoms with E-state index in [2.05, 4.69) is 10.3 Å². The number of fused-ring (bicyclic) bond motifs is 1. The van der Waals surface area contributed by atoms with Gasteiger partial charge in [0.05, 0.1) is 17.3 Å². The van der Waals surface area contributed by atoms with E-state index in [1.54, 1.807) is 24.3 Å². The SMILES string of the molecule is CCN(CC(=O)Nc1cc(Cl)ccc1C)Cc1cc(=O)n2cc(Cl)ccc2n1. The fraction of sp³-hybridized carbons (Fsp3) is 0.250. The van der Waals surface area contributed by atoms with Crippen molar-refractivity contribution in [2.45, 2.75) is 20.4 Å². The number of pyridine rings is 1. The van der Waals surface area contributed by atoms with Crippen molar-refractivity contribution < 1.29 is 4.79 Å². The maximum atomic E-state index is 12.5. The fourth-order valence-electron chi connectivity index (χ4n) is 2.84. The molecule has 1 aromatic carbocycles. The van der Waals surface area contributed by atoms with Gasteiger partial charge in [-0.1, -0.05) is 36.2 Å². The van der Waals surface area contributed by atoms with Gasteiger partial charge >= 0.3 is 0 Å². The van der Waals surface area contributed by atoms with E-state index in [0.29, 0.717) is 40.2 Å². The van der Waals surface area contributed by atoms with E-state index in [4.69, 9.17) is 23.2 Å². The van der Waals surface area contributed by atoms with E-state index < -0.39 is 0 Å². The van der Waals surface area contributed by atoms with Crippen LogP contribution < -0.4 is 10.9 Å². The van der Waals surface area contributed by atoms with E-state index in [1.165, 1.54) is 16.7 Å². The highest BCUT2D eigenvalue weighted by Gasteiger charge is 2.13. The largest absolute Gasteiger partial charge is 0.325 e. The lowest BCUT2D eigenvalue weighted by Gasteiger charge is -2.20. The number of anilines is 1. The average Bonchev–Trinajstić information content (AvgIpc) is 2.65. The molecule has 0 spiro atoms. The number of benzene rings is 1. The summed E-state index contributed by atoms with van der Waals surface area (Å²) < 4.78 is 1.40. The van der Waals surface area contributed by atoms with Gasteiger partial charge in [-0.3, -0.25) is 18.9 Å². The summed E-state index contributed by atoms with van der Waals surface area (Å²) in [4.78, 5) is 31.2. The number of hydrogen-bond acceptors (Lipinski definition) is 4. The molecule has 0 aliphatic carbocycles. The molecule has 0 unspecified atom stereocenters. The molecule has 0 aliphatic rings. The van der Waals surface area contributed by atoms with Crippen molar-refractivity contribution in [1.82, 2.24) is 14.3 Å². The molecule has 0 aliphatic heterocycles. The molecule has 8 heteroatoms. The number of amides is 1. The Morgan fingerprint density at radius 3 is 2.68 bits per heavy atom. The Kier molecular flexibility index (Phi) is 6.34. The van der Waals surface area contributed by atoms with Crippen molar-refractivity contribution in [3.05, 3.63) is 74.3 Å². The number of aromatic nitrogens is 2. The Morgan fingerprint density at radius 2 is 1.93 bits per heavy atom. The standard InChI is InChI=1S/C20H20Cl2N4O2/c1-3-25(12-19(27)24-17-8-14(21)5-4-13(17)2)11-16-9-20(28)26-10-15(22)6-7-18(26)23-16/h4-10H,3,11-12H2,1-2H3,(H,24,27). The van der Waals surface area contributed by atoms with Crippen LogP contribution in [0.1, 0.15) is 18.2 Å². The highest BCUT2D eigenvalue weighted by atomic mass is 35.5. The molecule has 28 heavy (non-hydrogen) atoms. The van der Waals surface area contributed by atoms with Crippen LogP contribution in [0.15, 0.2) is 47.4 Å². The normalized spacial score (nSPS) is 11.2. The average molecular weight is 419 g/mol. The molecule has 1 N–H and O–H groups in total. The second-order valence-electron chi connectivity index (χ2n) is 6.47. The predicted molar refractivity (Wildman–Crippen MR) is 112 cm³/mol. The number of carbonyl (C=O) groups excluding carboxylic acids is 1. The Balaban J connectivity index is 1.72. The molecule has 0 bridgehead atoms. The van der Waals surface area contributed by atoms with Gasteiger partial charge < -0.3 is 5.32 Å². The van der Waals surface area contributed by atoms with Gasteiger partial charge in [0.15, 0.2) is 0 Å². The van der Waals surface area contributed by atoms with Crippen molar-refractivity contribution >= 4 is 40.4 Å². The number of aryl methyl sites for hydroxylation is 1. The second kappa shape index (κ2) is 8.73. The zero-order chi connectivity index (χ0) is 20.3. The van der Waals surface area contributed by atoms with Crippen molar-refractivity contribution in [1.29, 1.82) is 0 Å². The van der Waals surface area contributed by atoms with Gasteiger partial charge in [0, 0.05) is 29.5 Å². The van der Waals surface area contributed by atoms with Crippen molar-refractivity contribution in [3.63, 3.8) is 0 Å². The molecule has 0 fully saturated rings. The quantitative estimate of drug-likeness (QED) is 0.661. The Labute approximate surface area is 172 Å². The summed E-state index contributed by atoms with van der Waals surface area (Å²) in [6, 6.07) is 10.2. The zero-order valence-corrected chi connectivity index (χ0v) is 17.1. The molecular weight excluding hydrogens is 399 g/mol. The minimum absolute atomic E-state index is 0.156. The monoisotopic (exact) mass is 418 g/mol. The maximum Gasteiger partial charge on any atom is 0.258 e. The van der Waals surface area contributed by atoms with Crippen LogP contribution in [0, 0.1) is 6.92 Å². The van der Waals surface area contributed by atoms with Crippen LogP contribution in [0.2, 0.25) is 10.0 Å². The molecule has 0 radical (unpaired) electrons. The van der Waals surface area contributed by atoms with E-state index >= 15 is 0 Å². The number of nitrogens with zero attached hydrogens (tertiary/aromatic N) is 3. The van der Waals surface area contributed by atoms with E-state index in [0.717, 1.165) is 5.56 Å². The van der Waals surface area contributed by atoms with Crippen LogP contribution >= 0.6 is 23.2 Å². The summed E-state index contributed by atoms with van der Waals surface area (Å²) in [5, 5.41) is 3.91. The molecule has 1 amide bonds. The van der Waals surface area contributed by atoms with Crippen LogP contribution in [0.25, 0.3) is 5.65 Å². The predicted octanol–water partition coefficient (Wildman–Crippen LogP) is 3.77. The Bertz CT molecular complexity index is 1080. The zero-order valence-electron chi connectivity index (χ0n) is 15.6. The summed E-state index contributed by atoms with van der Waals surface area (Å²) in [5.41, 5.74) is 2.52. The molecule has 0 atom stereocenters. The van der Waals surface area contributed by atoms with E-state index in [9.17, 15) is 9.59 Å². The fourth-order valence-corrected chi connectivity index (χ4v) is 3.17. The van der Waals surface area contributed by atoms with Gasteiger partial charge in [-0.05, 0) is 43.3 Å². The molecule has 2 heterocycles. The third kappa shape index (κ3) is 4.90. The lowest BCUT2D eigenvalue weighted by Crippen LogP contribution is -2.33. The first-order chi connectivity index (χ1) is 13.4. The highest BCUT2D eigenvalue weighted by Crippen LogP contribution is 2.20. The number of rotatable bonds is 6. The lowest BCUT2D eigenvalue weighted by molar-refractivity contribution is -0.117. The van der Waals surface area contributed by atoms with Gasteiger partial charge in [-0.15, -0.1) is 0 Å². The summed E-state index contributed by atoms with van der Waals surface area (Å²) in [5.74, 6) is -0.156. The Hall–Kier alpha value is -2.41. The molecule has 3 rings (SSSR count). The minimum Gasteiger partial charge on any atom is -0.325 e. The van der Waals surface area contributed by atoms with Gasteiger partial charge in [0.1, 0.15) is 5.65 Å². The maximum absolute atomic E-state index is 12.5. The highest BCUT2D eigenvalue weighted by molar-refractivity contribution is 6.31. The summed E-state index contributed by atoms with van der Waals surface area (Å²) in [6.07, 6.45) is 1.54. The third-order valence-electron chi connectivity index (χ3n) is 4.35. The van der Waals surface area contributed by atoms with Gasteiger partial charge in [-0.25, -0.2) is 4.98 Å². The summed E-state index contributed by atoms with van der Waals surface area (Å²) >= 11 is 11.9. The third-order valence-corrected chi connectivity index (χ3v) is 4.81. The first-order valence-electron chi connectivity index (χ1n) is 8.82. The van der Waals surface area contributed by atoms with Gasteiger partial charge in [-0.2, -0.15) is 0 Å². The number of carbonyl (C=O) groups is 1. The molecule has 0 saturated heterocycles. The van der Waals surface area contributed by atoms with Gasteiger partial charge in [0.25, 0.3) is 5.56 Å². The Morgan fingerprint density at radius 1 is 1.18 bits per heavy atom. The van der Waals surface area contributed by atoms with Crippen molar-refractivity contribution in [2.24, 2.45) is 0 Å². The van der Waals surface area contributed by atoms with Crippen LogP contribution in [0.3, 0.4) is 0 Å². The van der Waals surface area contributed by atoms with Crippen molar-refractivity contribution in [2.75, 3.05) is 18.4 Å². The molecule has 0 saturated carbocycles. The van der Waals surface area contributed by atoms with Crippen LogP contribution in [-0.4, -0.2) is 33.3 Å². The van der Waals surface area contributed by atoms with E-state index in [-0.39, 0.29) is 18.0 Å². The van der Waals surface area contributed by atoms with E-state index in [1.807, 2.05) is 24.8 Å². The number of halogens is 2. The summed E-state index contributed by atoms with van der Waals surface area (Å²) in [6.45, 7) is 5.04. The number of hydrogen-bond donors (Lipinski definition) is 1. The van der Waals surface area contributed by atoms with Crippen molar-refractivity contribution in [3.8, 4) is 0 Å². The van der Waals surface area contributed by atoms with Crippen LogP contribution in [-0.2, 0) is 11.3 Å². The molecular formula is C20H20Cl2N4O2. The van der Waals surface area contributed by atoms with Gasteiger partial charge in [0.2, 0.25) is 5.91 Å². The lowest BCUT2D eigenvalue weighted by atomic mass is 10.2. The minimum atomic E-state index is -0.211. The number of nitrogens with one attached hydrogen (secondary N) is 1. The summed E-state index contributed by atoms with van der Waals surface area (Å²) in [7, 11) is 0. The van der Waals surface area contributed by atoms with Crippen LogP contribution in [0.4, 0.5) is 5.69 Å². The van der Waals surface area contributed by atoms with Crippen LogP contribution in [0.5, 0.6) is 0 Å². The number of likely N-dealkylation sites (N-methyl/N-ethyl adjacent to an activating group) is 1. The first-order valence-corrected chi connectivity index (χ1v) is 9.57. The first kappa shape index (κ1) is 20.3. The molecule has 2 aromatic heterocycles. The topological polar surface area (TPSA) is 66.7 Å². The molecule has 6 nitrogen and oxygen atoms in total. The molecule has 3 aromatic rings. The molecule has 146 valence electrons. The second-order valence-corrected chi connectivity index (χ2v) is 7.34.